The summed E-state index contributed by atoms with van der Waals surface area (Å²) in [5.74, 6) is 0.383. The largest absolute Gasteiger partial charge is 0.494 e. The van der Waals surface area contributed by atoms with Gasteiger partial charge >= 0.3 is 0 Å². The number of aliphatic hydroxyl groups excluding tert-OH is 2. The van der Waals surface area contributed by atoms with Crippen molar-refractivity contribution in [2.75, 3.05) is 17.6 Å². The van der Waals surface area contributed by atoms with Gasteiger partial charge in [0.25, 0.3) is 7.48 Å². The summed E-state index contributed by atoms with van der Waals surface area (Å²) in [5, 5.41) is 28.1. The van der Waals surface area contributed by atoms with Crippen molar-refractivity contribution in [1.29, 1.82) is 0 Å². The van der Waals surface area contributed by atoms with Gasteiger partial charge in [-0.1, -0.05) is 35.6 Å². The van der Waals surface area contributed by atoms with Crippen molar-refractivity contribution in [1.82, 2.24) is 0 Å². The lowest BCUT2D eigenvalue weighted by atomic mass is 9.58. The van der Waals surface area contributed by atoms with Gasteiger partial charge in [-0.2, -0.15) is 0 Å². The molecule has 0 bridgehead atoms. The molecule has 0 aromatic carbocycles. The Morgan fingerprint density at radius 2 is 2.33 bits per heavy atom. The maximum Gasteiger partial charge on any atom is 0.295 e. The minimum atomic E-state index is -0.530. The highest BCUT2D eigenvalue weighted by atomic mass is 127. The molecule has 0 fully saturated rings. The second kappa shape index (κ2) is 7.52. The molecule has 3 unspecified atom stereocenters. The first-order valence-corrected chi connectivity index (χ1v) is 7.47. The van der Waals surface area contributed by atoms with Crippen molar-refractivity contribution < 1.29 is 20.0 Å². The second-order valence-corrected chi connectivity index (χ2v) is 5.42. The van der Waals surface area contributed by atoms with Gasteiger partial charge in [-0.05, 0) is 18.0 Å². The van der Waals surface area contributed by atoms with Gasteiger partial charge in [-0.3, -0.25) is 0 Å². The van der Waals surface area contributed by atoms with E-state index in [1.807, 2.05) is 19.1 Å². The van der Waals surface area contributed by atoms with Crippen LogP contribution in [0.5, 0.6) is 0 Å². The van der Waals surface area contributed by atoms with Gasteiger partial charge in [0.1, 0.15) is 5.76 Å². The van der Waals surface area contributed by atoms with Crippen LogP contribution in [0.25, 0.3) is 0 Å². The van der Waals surface area contributed by atoms with E-state index < -0.39 is 11.5 Å². The lowest BCUT2D eigenvalue weighted by molar-refractivity contribution is 0.0900. The van der Waals surface area contributed by atoms with Crippen molar-refractivity contribution >= 4 is 30.1 Å². The molecule has 0 aromatic rings. The van der Waals surface area contributed by atoms with E-state index in [2.05, 4.69) is 22.6 Å². The van der Waals surface area contributed by atoms with Crippen molar-refractivity contribution in [2.45, 2.75) is 25.3 Å². The Labute approximate surface area is 122 Å². The summed E-state index contributed by atoms with van der Waals surface area (Å²) >= 11 is 2.13. The number of hydrogen-bond donors (Lipinski definition) is 3. The fourth-order valence-electron chi connectivity index (χ4n) is 1.84. The fraction of sp³-hybridized carbons (Fsp3) is 0.667. The minimum Gasteiger partial charge on any atom is -0.494 e. The van der Waals surface area contributed by atoms with Crippen molar-refractivity contribution in [3.8, 4) is 0 Å². The van der Waals surface area contributed by atoms with E-state index in [9.17, 15) is 10.1 Å². The molecule has 1 aliphatic rings. The molecule has 4 nitrogen and oxygen atoms in total. The maximum absolute atomic E-state index is 10.1. The van der Waals surface area contributed by atoms with E-state index in [0.29, 0.717) is 23.2 Å². The monoisotopic (exact) mass is 365 g/mol. The van der Waals surface area contributed by atoms with Crippen LogP contribution >= 0.6 is 22.6 Å². The van der Waals surface area contributed by atoms with Gasteiger partial charge in [0.2, 0.25) is 0 Å². The highest BCUT2D eigenvalue weighted by molar-refractivity contribution is 14.1. The summed E-state index contributed by atoms with van der Waals surface area (Å²) in [7, 11) is 1.09. The predicted octanol–water partition coefficient (Wildman–Crippen LogP) is 1.04. The third-order valence-electron chi connectivity index (χ3n) is 3.26. The quantitative estimate of drug-likeness (QED) is 0.273. The van der Waals surface area contributed by atoms with Crippen LogP contribution < -0.4 is 0 Å². The molecule has 1 aliphatic carbocycles. The molecule has 0 aromatic heterocycles. The summed E-state index contributed by atoms with van der Waals surface area (Å²) in [5.41, 5.74) is -0.514. The maximum atomic E-state index is 10.1. The molecular formula is C12H19BIO4. The number of hydrogen-bond acceptors (Lipinski definition) is 4. The van der Waals surface area contributed by atoms with E-state index in [1.54, 1.807) is 6.08 Å². The summed E-state index contributed by atoms with van der Waals surface area (Å²) < 4.78 is 6.06. The molecule has 101 valence electrons. The lowest BCUT2D eigenvalue weighted by Crippen LogP contribution is -2.39. The third kappa shape index (κ3) is 3.72. The first-order chi connectivity index (χ1) is 8.58. The van der Waals surface area contributed by atoms with Crippen LogP contribution in [0.2, 0.25) is 5.82 Å². The Morgan fingerprint density at radius 3 is 2.89 bits per heavy atom. The van der Waals surface area contributed by atoms with E-state index in [1.165, 1.54) is 0 Å². The normalized spacial score (nSPS) is 28.7. The van der Waals surface area contributed by atoms with Crippen LogP contribution in [0, 0.1) is 5.41 Å². The Balaban J connectivity index is 2.72. The Bertz CT molecular complexity index is 321. The SMILES string of the molecule is CC1(C(O)CI)C=CC(OCCCO)=CC1[B]O. The van der Waals surface area contributed by atoms with Gasteiger partial charge in [0, 0.05) is 22.9 Å². The Morgan fingerprint density at radius 1 is 1.61 bits per heavy atom. The Kier molecular flexibility index (Phi) is 6.69. The molecule has 0 saturated carbocycles. The Hall–Kier alpha value is -0.0451. The molecule has 0 heterocycles. The summed E-state index contributed by atoms with van der Waals surface area (Å²) in [6.07, 6.45) is 5.53. The fourth-order valence-corrected chi connectivity index (χ4v) is 2.79. The second-order valence-electron chi connectivity index (χ2n) is 4.54. The lowest BCUT2D eigenvalue weighted by Gasteiger charge is -2.38. The van der Waals surface area contributed by atoms with Gasteiger partial charge in [0.15, 0.2) is 0 Å². The number of ether oxygens (including phenoxy) is 1. The first-order valence-electron chi connectivity index (χ1n) is 5.94. The van der Waals surface area contributed by atoms with Gasteiger partial charge in [0.05, 0.1) is 12.7 Å². The average Bonchev–Trinajstić information content (AvgIpc) is 2.39. The molecule has 3 N–H and O–H groups in total. The third-order valence-corrected chi connectivity index (χ3v) is 4.10. The molecule has 0 aliphatic heterocycles. The zero-order valence-electron chi connectivity index (χ0n) is 10.4. The van der Waals surface area contributed by atoms with Crippen molar-refractivity contribution in [2.24, 2.45) is 5.41 Å². The van der Waals surface area contributed by atoms with E-state index in [-0.39, 0.29) is 12.4 Å². The zero-order valence-corrected chi connectivity index (χ0v) is 12.6. The van der Waals surface area contributed by atoms with Gasteiger partial charge in [-0.25, -0.2) is 0 Å². The summed E-state index contributed by atoms with van der Waals surface area (Å²) in [6, 6.07) is 0. The average molecular weight is 365 g/mol. The van der Waals surface area contributed by atoms with Crippen LogP contribution in [-0.2, 0) is 4.74 Å². The highest BCUT2D eigenvalue weighted by Crippen LogP contribution is 2.42. The van der Waals surface area contributed by atoms with E-state index in [4.69, 9.17) is 9.84 Å². The zero-order chi connectivity index (χ0) is 13.6. The van der Waals surface area contributed by atoms with E-state index in [0.717, 1.165) is 7.48 Å². The van der Waals surface area contributed by atoms with Crippen molar-refractivity contribution in [3.05, 3.63) is 24.0 Å². The first kappa shape index (κ1) is 16.0. The molecule has 0 saturated heterocycles. The molecular weight excluding hydrogens is 346 g/mol. The smallest absolute Gasteiger partial charge is 0.295 e. The van der Waals surface area contributed by atoms with Crippen LogP contribution in [0.4, 0.5) is 0 Å². The van der Waals surface area contributed by atoms with Crippen molar-refractivity contribution in [3.63, 3.8) is 0 Å². The number of alkyl halides is 1. The minimum absolute atomic E-state index is 0.0951. The molecule has 0 spiro atoms. The number of allylic oxidation sites excluding steroid dienone is 2. The molecule has 1 rings (SSSR count). The van der Waals surface area contributed by atoms with Gasteiger partial charge in [-0.15, -0.1) is 0 Å². The number of rotatable bonds is 7. The molecule has 0 amide bonds. The molecule has 6 heteroatoms. The van der Waals surface area contributed by atoms with Crippen LogP contribution in [-0.4, -0.2) is 46.5 Å². The topological polar surface area (TPSA) is 69.9 Å². The highest BCUT2D eigenvalue weighted by Gasteiger charge is 2.39. The number of halogens is 1. The molecule has 3 atom stereocenters. The van der Waals surface area contributed by atoms with Crippen LogP contribution in [0.1, 0.15) is 13.3 Å². The van der Waals surface area contributed by atoms with E-state index >= 15 is 0 Å². The van der Waals surface area contributed by atoms with Gasteiger partial charge < -0.3 is 20.0 Å². The van der Waals surface area contributed by atoms with Crippen LogP contribution in [0.15, 0.2) is 24.0 Å². The predicted molar refractivity (Wildman–Crippen MR) is 79.6 cm³/mol. The molecule has 1 radical (unpaired) electrons. The number of aliphatic hydroxyl groups is 2. The molecule has 18 heavy (non-hydrogen) atoms. The standard InChI is InChI=1S/C12H19BIO4/c1-12(11(16)8-14)4-3-9(7-10(12)13-17)18-6-2-5-15/h3-4,7,10-11,15-17H,2,5-6,8H2,1H3. The summed E-state index contributed by atoms with van der Waals surface area (Å²) in [4.78, 5) is 0. The summed E-state index contributed by atoms with van der Waals surface area (Å²) in [6.45, 7) is 2.44. The van der Waals surface area contributed by atoms with Crippen LogP contribution in [0.3, 0.4) is 0 Å².